The van der Waals surface area contributed by atoms with Crippen LogP contribution in [-0.4, -0.2) is 47.9 Å². The van der Waals surface area contributed by atoms with Gasteiger partial charge in [0.2, 0.25) is 0 Å². The fourth-order valence-electron chi connectivity index (χ4n) is 2.74. The number of amides is 1. The number of likely N-dealkylation sites (N-methyl/N-ethyl adjacent to an activating group) is 1. The SMILES string of the molecule is CN1CCN(C(=O)c2cc3cc(N)ccc3s2)CC1(C)C. The largest absolute Gasteiger partial charge is 0.399 e. The molecule has 1 aromatic carbocycles. The number of benzene rings is 1. The maximum Gasteiger partial charge on any atom is 0.264 e. The van der Waals surface area contributed by atoms with Crippen LogP contribution in [0.4, 0.5) is 5.69 Å². The van der Waals surface area contributed by atoms with E-state index in [4.69, 9.17) is 5.73 Å². The lowest BCUT2D eigenvalue weighted by atomic mass is 9.99. The Morgan fingerprint density at radius 3 is 2.76 bits per heavy atom. The molecule has 1 aliphatic heterocycles. The number of thiophene rings is 1. The number of nitrogen functional groups attached to an aromatic ring is 1. The van der Waals surface area contributed by atoms with Crippen LogP contribution >= 0.6 is 11.3 Å². The van der Waals surface area contributed by atoms with Crippen molar-refractivity contribution in [2.75, 3.05) is 32.4 Å². The Kier molecular flexibility index (Phi) is 3.42. The van der Waals surface area contributed by atoms with E-state index in [1.807, 2.05) is 29.2 Å². The van der Waals surface area contributed by atoms with Gasteiger partial charge in [0, 0.05) is 35.6 Å². The molecule has 2 aromatic rings. The summed E-state index contributed by atoms with van der Waals surface area (Å²) in [6.07, 6.45) is 0. The van der Waals surface area contributed by atoms with Crippen LogP contribution in [0.25, 0.3) is 10.1 Å². The van der Waals surface area contributed by atoms with Gasteiger partial charge in [0.15, 0.2) is 0 Å². The summed E-state index contributed by atoms with van der Waals surface area (Å²) in [5, 5.41) is 1.05. The molecule has 1 fully saturated rings. The molecule has 1 saturated heterocycles. The Hall–Kier alpha value is -1.59. The standard InChI is InChI=1S/C16H21N3OS/c1-16(2)10-19(7-6-18(16)3)15(20)14-9-11-8-12(17)4-5-13(11)21-14/h4-5,8-9H,6-7,10,17H2,1-3H3. The molecule has 2 N–H and O–H groups in total. The first-order valence-corrected chi connectivity index (χ1v) is 7.98. The van der Waals surface area contributed by atoms with Gasteiger partial charge in [0.25, 0.3) is 5.91 Å². The molecule has 1 aromatic heterocycles. The Bertz CT molecular complexity index is 692. The van der Waals surface area contributed by atoms with Gasteiger partial charge in [-0.3, -0.25) is 9.69 Å². The van der Waals surface area contributed by atoms with Crippen LogP contribution in [0.1, 0.15) is 23.5 Å². The van der Waals surface area contributed by atoms with Crippen molar-refractivity contribution in [2.45, 2.75) is 19.4 Å². The highest BCUT2D eigenvalue weighted by Crippen LogP contribution is 2.29. The number of fused-ring (bicyclic) bond motifs is 1. The van der Waals surface area contributed by atoms with Gasteiger partial charge < -0.3 is 10.6 Å². The van der Waals surface area contributed by atoms with Crippen LogP contribution < -0.4 is 5.73 Å². The summed E-state index contributed by atoms with van der Waals surface area (Å²) < 4.78 is 1.11. The molecular formula is C16H21N3OS. The second-order valence-corrected chi connectivity index (χ2v) is 7.45. The fourth-order valence-corrected chi connectivity index (χ4v) is 3.75. The van der Waals surface area contributed by atoms with E-state index in [0.29, 0.717) is 0 Å². The lowest BCUT2D eigenvalue weighted by Crippen LogP contribution is -2.58. The summed E-state index contributed by atoms with van der Waals surface area (Å²) in [6, 6.07) is 7.76. The molecule has 5 heteroatoms. The Balaban J connectivity index is 1.87. The zero-order chi connectivity index (χ0) is 15.2. The first-order chi connectivity index (χ1) is 9.87. The highest BCUT2D eigenvalue weighted by molar-refractivity contribution is 7.20. The van der Waals surface area contributed by atoms with Crippen molar-refractivity contribution in [3.8, 4) is 0 Å². The minimum Gasteiger partial charge on any atom is -0.399 e. The number of carbonyl (C=O) groups is 1. The maximum atomic E-state index is 12.7. The first-order valence-electron chi connectivity index (χ1n) is 7.16. The minimum atomic E-state index is 0.0228. The highest BCUT2D eigenvalue weighted by atomic mass is 32.1. The third kappa shape index (κ3) is 2.63. The van der Waals surface area contributed by atoms with Crippen molar-refractivity contribution in [1.82, 2.24) is 9.80 Å². The van der Waals surface area contributed by atoms with E-state index in [1.54, 1.807) is 11.3 Å². The van der Waals surface area contributed by atoms with Crippen molar-refractivity contribution in [1.29, 1.82) is 0 Å². The van der Waals surface area contributed by atoms with Crippen molar-refractivity contribution < 1.29 is 4.79 Å². The van der Waals surface area contributed by atoms with Crippen LogP contribution in [0.2, 0.25) is 0 Å². The summed E-state index contributed by atoms with van der Waals surface area (Å²) in [4.78, 5) is 17.8. The molecule has 21 heavy (non-hydrogen) atoms. The lowest BCUT2D eigenvalue weighted by molar-refractivity contribution is 0.0315. The van der Waals surface area contributed by atoms with Gasteiger partial charge in [0.1, 0.15) is 0 Å². The van der Waals surface area contributed by atoms with Gasteiger partial charge in [-0.2, -0.15) is 0 Å². The van der Waals surface area contributed by atoms with Crippen LogP contribution in [0.3, 0.4) is 0 Å². The molecule has 0 saturated carbocycles. The third-order valence-corrected chi connectivity index (χ3v) is 5.46. The minimum absolute atomic E-state index is 0.0228. The van der Waals surface area contributed by atoms with Gasteiger partial charge in [-0.1, -0.05) is 0 Å². The number of hydrogen-bond acceptors (Lipinski definition) is 4. The zero-order valence-electron chi connectivity index (χ0n) is 12.7. The molecule has 0 unspecified atom stereocenters. The molecule has 2 heterocycles. The van der Waals surface area contributed by atoms with Crippen LogP contribution in [0, 0.1) is 0 Å². The summed E-state index contributed by atoms with van der Waals surface area (Å²) in [5.41, 5.74) is 6.57. The van der Waals surface area contributed by atoms with E-state index in [9.17, 15) is 4.79 Å². The average Bonchev–Trinajstić information content (AvgIpc) is 2.83. The van der Waals surface area contributed by atoms with E-state index in [1.165, 1.54) is 0 Å². The quantitative estimate of drug-likeness (QED) is 0.824. The lowest BCUT2D eigenvalue weighted by Gasteiger charge is -2.45. The van der Waals surface area contributed by atoms with Crippen molar-refractivity contribution in [2.24, 2.45) is 0 Å². The first kappa shape index (κ1) is 14.4. The molecule has 0 radical (unpaired) electrons. The van der Waals surface area contributed by atoms with E-state index >= 15 is 0 Å². The average molecular weight is 303 g/mol. The molecule has 112 valence electrons. The molecule has 0 spiro atoms. The smallest absolute Gasteiger partial charge is 0.264 e. The monoisotopic (exact) mass is 303 g/mol. The summed E-state index contributed by atoms with van der Waals surface area (Å²) >= 11 is 1.55. The zero-order valence-corrected chi connectivity index (χ0v) is 13.5. The molecule has 1 aliphatic rings. The predicted octanol–water partition coefficient (Wildman–Crippen LogP) is 2.65. The highest BCUT2D eigenvalue weighted by Gasteiger charge is 2.33. The van der Waals surface area contributed by atoms with Gasteiger partial charge in [-0.05, 0) is 50.5 Å². The second-order valence-electron chi connectivity index (χ2n) is 6.37. The number of rotatable bonds is 1. The molecule has 4 nitrogen and oxygen atoms in total. The van der Waals surface area contributed by atoms with E-state index in [-0.39, 0.29) is 11.4 Å². The summed E-state index contributed by atoms with van der Waals surface area (Å²) in [5.74, 6) is 0.135. The van der Waals surface area contributed by atoms with E-state index in [0.717, 1.165) is 40.3 Å². The molecule has 3 rings (SSSR count). The normalized spacial score (nSPS) is 19.1. The molecule has 1 amide bonds. The van der Waals surface area contributed by atoms with Gasteiger partial charge >= 0.3 is 0 Å². The van der Waals surface area contributed by atoms with Crippen molar-refractivity contribution in [3.63, 3.8) is 0 Å². The maximum absolute atomic E-state index is 12.7. The molecule has 0 aliphatic carbocycles. The van der Waals surface area contributed by atoms with E-state index < -0.39 is 0 Å². The van der Waals surface area contributed by atoms with Gasteiger partial charge in [-0.15, -0.1) is 11.3 Å². The molecule has 0 bridgehead atoms. The van der Waals surface area contributed by atoms with Gasteiger partial charge in [-0.25, -0.2) is 0 Å². The number of nitrogens with two attached hydrogens (primary N) is 1. The molecule has 0 atom stereocenters. The predicted molar refractivity (Wildman–Crippen MR) is 88.8 cm³/mol. The fraction of sp³-hybridized carbons (Fsp3) is 0.438. The van der Waals surface area contributed by atoms with Crippen LogP contribution in [-0.2, 0) is 0 Å². The summed E-state index contributed by atoms with van der Waals surface area (Å²) in [6.45, 7) is 6.82. The van der Waals surface area contributed by atoms with Gasteiger partial charge in [0.05, 0.1) is 4.88 Å². The van der Waals surface area contributed by atoms with Crippen molar-refractivity contribution in [3.05, 3.63) is 29.1 Å². The number of hydrogen-bond donors (Lipinski definition) is 1. The Labute approximate surface area is 129 Å². The Morgan fingerprint density at radius 2 is 2.05 bits per heavy atom. The summed E-state index contributed by atoms with van der Waals surface area (Å²) in [7, 11) is 2.12. The number of carbonyl (C=O) groups excluding carboxylic acids is 1. The topological polar surface area (TPSA) is 49.6 Å². The number of anilines is 1. The molecular weight excluding hydrogens is 282 g/mol. The van der Waals surface area contributed by atoms with E-state index in [2.05, 4.69) is 25.8 Å². The van der Waals surface area contributed by atoms with Crippen molar-refractivity contribution >= 4 is 33.0 Å². The third-order valence-electron chi connectivity index (χ3n) is 4.35. The number of piperazine rings is 1. The second kappa shape index (κ2) is 5.00. The van der Waals surface area contributed by atoms with Crippen LogP contribution in [0.5, 0.6) is 0 Å². The Morgan fingerprint density at radius 1 is 1.29 bits per heavy atom. The van der Waals surface area contributed by atoms with Crippen LogP contribution in [0.15, 0.2) is 24.3 Å². The number of nitrogens with zero attached hydrogens (tertiary/aromatic N) is 2.